The molecule has 7 heteroatoms. The van der Waals surface area contributed by atoms with E-state index in [2.05, 4.69) is 5.32 Å². The van der Waals surface area contributed by atoms with Gasteiger partial charge in [0, 0.05) is 28.7 Å². The molecule has 1 heterocycles. The Kier molecular flexibility index (Phi) is 5.89. The molecule has 1 aliphatic heterocycles. The van der Waals surface area contributed by atoms with E-state index in [9.17, 15) is 13.2 Å². The van der Waals surface area contributed by atoms with Crippen LogP contribution in [0.5, 0.6) is 0 Å². The molecule has 1 aliphatic carbocycles. The number of fused-ring (bicyclic) bond motifs is 1. The van der Waals surface area contributed by atoms with Crippen molar-refractivity contribution in [2.45, 2.75) is 45.1 Å². The van der Waals surface area contributed by atoms with Gasteiger partial charge in [0.25, 0.3) is 15.9 Å². The van der Waals surface area contributed by atoms with Gasteiger partial charge in [0.15, 0.2) is 4.91 Å². The zero-order valence-corrected chi connectivity index (χ0v) is 18.5. The monoisotopic (exact) mass is 444 g/mol. The Morgan fingerprint density at radius 3 is 2.47 bits per heavy atom. The highest BCUT2D eigenvalue weighted by Crippen LogP contribution is 2.43. The molecule has 1 saturated carbocycles. The van der Waals surface area contributed by atoms with Crippen LogP contribution in [0.25, 0.3) is 5.57 Å². The summed E-state index contributed by atoms with van der Waals surface area (Å²) in [5.74, 6) is -0.537. The largest absolute Gasteiger partial charge is 0.349 e. The quantitative estimate of drug-likeness (QED) is 0.742. The van der Waals surface area contributed by atoms with E-state index in [4.69, 9.17) is 11.6 Å². The van der Waals surface area contributed by atoms with Crippen LogP contribution in [0.1, 0.15) is 50.2 Å². The maximum absolute atomic E-state index is 13.6. The van der Waals surface area contributed by atoms with Crippen molar-refractivity contribution < 1.29 is 13.2 Å². The average Bonchev–Trinajstić information content (AvgIpc) is 2.74. The molecule has 1 fully saturated rings. The highest BCUT2D eigenvalue weighted by molar-refractivity contribution is 7.97. The molecule has 0 radical (unpaired) electrons. The second kappa shape index (κ2) is 8.44. The maximum Gasteiger partial charge on any atom is 0.270 e. The molecule has 2 aromatic rings. The van der Waals surface area contributed by atoms with Crippen molar-refractivity contribution in [3.8, 4) is 0 Å². The van der Waals surface area contributed by atoms with Crippen molar-refractivity contribution in [3.63, 3.8) is 0 Å². The van der Waals surface area contributed by atoms with E-state index < -0.39 is 15.9 Å². The van der Waals surface area contributed by atoms with Gasteiger partial charge in [-0.25, -0.2) is 8.42 Å². The first-order valence-corrected chi connectivity index (χ1v) is 12.2. The Balaban J connectivity index is 1.95. The summed E-state index contributed by atoms with van der Waals surface area (Å²) in [6, 6.07) is 14.3. The third kappa shape index (κ3) is 3.74. The number of hydrogen-bond acceptors (Lipinski definition) is 3. The van der Waals surface area contributed by atoms with Crippen molar-refractivity contribution in [2.24, 2.45) is 0 Å². The summed E-state index contributed by atoms with van der Waals surface area (Å²) in [6.45, 7) is 1.99. The molecular formula is C23H25ClN2O3S. The van der Waals surface area contributed by atoms with Crippen LogP contribution in [0.15, 0.2) is 53.4 Å². The van der Waals surface area contributed by atoms with E-state index in [1.165, 1.54) is 4.31 Å². The number of benzene rings is 2. The first-order valence-electron chi connectivity index (χ1n) is 10.4. The van der Waals surface area contributed by atoms with Gasteiger partial charge in [-0.05, 0) is 43.5 Å². The third-order valence-corrected chi connectivity index (χ3v) is 7.94. The molecule has 0 aromatic heterocycles. The fourth-order valence-electron chi connectivity index (χ4n) is 4.38. The number of carbonyl (C=O) groups is 1. The van der Waals surface area contributed by atoms with Crippen LogP contribution in [-0.2, 0) is 14.8 Å². The molecule has 30 heavy (non-hydrogen) atoms. The van der Waals surface area contributed by atoms with Gasteiger partial charge < -0.3 is 5.32 Å². The van der Waals surface area contributed by atoms with Crippen LogP contribution in [0.4, 0.5) is 5.69 Å². The maximum atomic E-state index is 13.6. The van der Waals surface area contributed by atoms with Crippen LogP contribution < -0.4 is 9.62 Å². The van der Waals surface area contributed by atoms with E-state index in [1.54, 1.807) is 25.1 Å². The van der Waals surface area contributed by atoms with Gasteiger partial charge in [0.1, 0.15) is 0 Å². The topological polar surface area (TPSA) is 66.5 Å². The van der Waals surface area contributed by atoms with E-state index in [0.29, 0.717) is 27.4 Å². The average molecular weight is 445 g/mol. The summed E-state index contributed by atoms with van der Waals surface area (Å²) in [7, 11) is -4.03. The van der Waals surface area contributed by atoms with E-state index in [0.717, 1.165) is 32.1 Å². The summed E-state index contributed by atoms with van der Waals surface area (Å²) >= 11 is 6.28. The van der Waals surface area contributed by atoms with Crippen LogP contribution in [-0.4, -0.2) is 26.9 Å². The fraction of sp³-hybridized carbons (Fsp3) is 0.348. The first-order chi connectivity index (χ1) is 14.4. The molecule has 1 amide bonds. The number of sulfonamides is 1. The van der Waals surface area contributed by atoms with Crippen LogP contribution in [0, 0.1) is 0 Å². The number of halogens is 1. The van der Waals surface area contributed by atoms with Gasteiger partial charge in [-0.1, -0.05) is 61.2 Å². The molecule has 5 nitrogen and oxygen atoms in total. The molecule has 0 unspecified atom stereocenters. The summed E-state index contributed by atoms with van der Waals surface area (Å²) in [5, 5.41) is 3.49. The summed E-state index contributed by atoms with van der Waals surface area (Å²) < 4.78 is 28.6. The molecule has 2 aromatic carbocycles. The van der Waals surface area contributed by atoms with Gasteiger partial charge in [0.05, 0.1) is 5.69 Å². The fourth-order valence-corrected chi connectivity index (χ4v) is 6.31. The van der Waals surface area contributed by atoms with Gasteiger partial charge in [-0.2, -0.15) is 0 Å². The van der Waals surface area contributed by atoms with E-state index >= 15 is 0 Å². The number of hydrogen-bond donors (Lipinski definition) is 1. The second-order valence-corrected chi connectivity index (χ2v) is 9.95. The minimum Gasteiger partial charge on any atom is -0.349 e. The van der Waals surface area contributed by atoms with Crippen molar-refractivity contribution in [3.05, 3.63) is 69.6 Å². The van der Waals surface area contributed by atoms with Crippen LogP contribution >= 0.6 is 11.6 Å². The highest BCUT2D eigenvalue weighted by atomic mass is 35.5. The normalized spacial score (nSPS) is 18.8. The van der Waals surface area contributed by atoms with Crippen LogP contribution in [0.2, 0.25) is 5.02 Å². The third-order valence-electron chi connectivity index (χ3n) is 5.77. The van der Waals surface area contributed by atoms with Crippen LogP contribution in [0.3, 0.4) is 0 Å². The number of nitrogens with one attached hydrogen (secondary N) is 1. The van der Waals surface area contributed by atoms with Crippen molar-refractivity contribution >= 4 is 38.8 Å². The predicted molar refractivity (Wildman–Crippen MR) is 121 cm³/mol. The lowest BCUT2D eigenvalue weighted by molar-refractivity contribution is -0.117. The highest BCUT2D eigenvalue weighted by Gasteiger charge is 2.41. The minimum absolute atomic E-state index is 0.00167. The summed E-state index contributed by atoms with van der Waals surface area (Å²) in [6.07, 6.45) is 4.99. The molecule has 2 aliphatic rings. The Morgan fingerprint density at radius 1 is 1.10 bits per heavy atom. The Bertz CT molecular complexity index is 1090. The van der Waals surface area contributed by atoms with E-state index in [1.807, 2.05) is 30.3 Å². The number of anilines is 1. The number of amides is 1. The molecule has 0 saturated heterocycles. The lowest BCUT2D eigenvalue weighted by Gasteiger charge is -2.33. The van der Waals surface area contributed by atoms with Crippen molar-refractivity contribution in [2.75, 3.05) is 10.8 Å². The minimum atomic E-state index is -4.03. The Labute approximate surface area is 182 Å². The predicted octanol–water partition coefficient (Wildman–Crippen LogP) is 4.72. The molecule has 4 rings (SSSR count). The zero-order chi connectivity index (χ0) is 21.3. The van der Waals surface area contributed by atoms with E-state index in [-0.39, 0.29) is 17.5 Å². The lowest BCUT2D eigenvalue weighted by atomic mass is 9.94. The molecule has 158 valence electrons. The lowest BCUT2D eigenvalue weighted by Crippen LogP contribution is -2.44. The van der Waals surface area contributed by atoms with Gasteiger partial charge >= 0.3 is 0 Å². The smallest absolute Gasteiger partial charge is 0.270 e. The van der Waals surface area contributed by atoms with Gasteiger partial charge in [-0.15, -0.1) is 0 Å². The Morgan fingerprint density at radius 2 is 1.80 bits per heavy atom. The summed E-state index contributed by atoms with van der Waals surface area (Å²) in [5.41, 5.74) is 2.27. The number of rotatable bonds is 4. The molecular weight excluding hydrogens is 420 g/mol. The first kappa shape index (κ1) is 20.9. The molecule has 1 N–H and O–H groups in total. The number of carbonyl (C=O) groups excluding carboxylic acids is 1. The Hall–Kier alpha value is -2.31. The van der Waals surface area contributed by atoms with Gasteiger partial charge in [0.2, 0.25) is 0 Å². The molecule has 0 spiro atoms. The summed E-state index contributed by atoms with van der Waals surface area (Å²) in [4.78, 5) is 13.2. The number of nitrogens with zero attached hydrogens (tertiary/aromatic N) is 1. The molecule has 0 atom stereocenters. The SMILES string of the molecule is CCN1c2ccc(Cl)cc2C(c2ccccc2)=C(C(=O)NC2CCCCC2)S1(=O)=O. The zero-order valence-electron chi connectivity index (χ0n) is 16.9. The second-order valence-electron chi connectivity index (χ2n) is 7.71. The standard InChI is InChI=1S/C23H25ClN2O3S/c1-2-26-20-14-13-17(24)15-19(20)21(16-9-5-3-6-10-16)22(30(26,28)29)23(27)25-18-11-7-4-8-12-18/h3,5-6,9-10,13-15,18H,2,4,7-8,11-12H2,1H3,(H,25,27). The van der Waals surface area contributed by atoms with Crippen molar-refractivity contribution in [1.82, 2.24) is 5.32 Å². The molecule has 0 bridgehead atoms. The van der Waals surface area contributed by atoms with Crippen molar-refractivity contribution in [1.29, 1.82) is 0 Å². The van der Waals surface area contributed by atoms with Gasteiger partial charge in [-0.3, -0.25) is 9.10 Å².